The van der Waals surface area contributed by atoms with Crippen molar-refractivity contribution in [3.05, 3.63) is 77.0 Å². The Morgan fingerprint density at radius 1 is 1.07 bits per heavy atom. The van der Waals surface area contributed by atoms with Crippen LogP contribution in [0.2, 0.25) is 5.15 Å². The molecule has 1 atom stereocenters. The molecule has 156 valence electrons. The van der Waals surface area contributed by atoms with Gasteiger partial charge < -0.3 is 4.74 Å². The summed E-state index contributed by atoms with van der Waals surface area (Å²) in [6, 6.07) is 15.1. The number of hydrogen-bond donors (Lipinski definition) is 0. The zero-order chi connectivity index (χ0) is 21.5. The van der Waals surface area contributed by atoms with Crippen LogP contribution in [0.15, 0.2) is 71.2 Å². The number of nitrogens with zero attached hydrogens (tertiary/aromatic N) is 3. The molecule has 30 heavy (non-hydrogen) atoms. The molecule has 0 saturated heterocycles. The number of halogens is 1. The Balaban J connectivity index is 0.00000124. The van der Waals surface area contributed by atoms with Crippen LogP contribution < -0.4 is 9.04 Å². The quantitative estimate of drug-likeness (QED) is 0.326. The van der Waals surface area contributed by atoms with E-state index in [0.717, 1.165) is 22.1 Å². The first kappa shape index (κ1) is 22.2. The average molecular weight is 460 g/mol. The predicted molar refractivity (Wildman–Crippen MR) is 126 cm³/mol. The summed E-state index contributed by atoms with van der Waals surface area (Å²) in [6.07, 6.45) is 3.36. The average Bonchev–Trinajstić information content (AvgIpc) is 3.33. The van der Waals surface area contributed by atoms with Crippen molar-refractivity contribution in [1.82, 2.24) is 9.97 Å². The zero-order valence-electron chi connectivity index (χ0n) is 16.9. The molecule has 0 aliphatic rings. The largest absolute Gasteiger partial charge is 0.497 e. The van der Waals surface area contributed by atoms with Crippen molar-refractivity contribution in [1.29, 1.82) is 0 Å². The van der Waals surface area contributed by atoms with E-state index in [9.17, 15) is 4.21 Å². The van der Waals surface area contributed by atoms with Gasteiger partial charge in [0.2, 0.25) is 0 Å². The maximum absolute atomic E-state index is 13.4. The normalized spacial score (nSPS) is 11.5. The summed E-state index contributed by atoms with van der Waals surface area (Å²) in [5, 5.41) is 4.74. The van der Waals surface area contributed by atoms with Crippen LogP contribution in [0.3, 0.4) is 0 Å². The van der Waals surface area contributed by atoms with Crippen molar-refractivity contribution in [2.45, 2.75) is 25.3 Å². The lowest BCUT2D eigenvalue weighted by Crippen LogP contribution is -2.25. The summed E-state index contributed by atoms with van der Waals surface area (Å²) in [4.78, 5) is 9.13. The van der Waals surface area contributed by atoms with Crippen LogP contribution in [0.25, 0.3) is 10.8 Å². The summed E-state index contributed by atoms with van der Waals surface area (Å²) < 4.78 is 20.4. The first-order valence-corrected chi connectivity index (χ1v) is 11.8. The van der Waals surface area contributed by atoms with E-state index in [2.05, 4.69) is 9.97 Å². The van der Waals surface area contributed by atoms with Crippen LogP contribution in [0.5, 0.6) is 5.75 Å². The fourth-order valence-corrected chi connectivity index (χ4v) is 5.02. The molecule has 0 spiro atoms. The number of thiazole rings is 1. The number of pyridine rings is 1. The number of hydrogen-bond acceptors (Lipinski definition) is 5. The number of methoxy groups -OCH3 is 1. The van der Waals surface area contributed by atoms with Gasteiger partial charge in [-0.1, -0.05) is 43.6 Å². The highest BCUT2D eigenvalue weighted by Gasteiger charge is 2.19. The number of aromatic nitrogens is 2. The maximum Gasteiger partial charge on any atom is 0.197 e. The van der Waals surface area contributed by atoms with Crippen LogP contribution in [-0.2, 0) is 17.5 Å². The molecule has 0 amide bonds. The summed E-state index contributed by atoms with van der Waals surface area (Å²) in [6.45, 7) is 4.46. The molecule has 0 radical (unpaired) electrons. The molecular weight excluding hydrogens is 438 g/mol. The van der Waals surface area contributed by atoms with E-state index in [1.165, 1.54) is 11.3 Å². The van der Waals surface area contributed by atoms with Crippen LogP contribution in [0.4, 0.5) is 5.13 Å². The highest BCUT2D eigenvalue weighted by Crippen LogP contribution is 2.28. The molecule has 2 aromatic carbocycles. The number of ether oxygens (including phenoxy) is 1. The lowest BCUT2D eigenvalue weighted by Gasteiger charge is -2.21. The van der Waals surface area contributed by atoms with Crippen LogP contribution >= 0.6 is 22.9 Å². The van der Waals surface area contributed by atoms with Gasteiger partial charge >= 0.3 is 0 Å². The topological polar surface area (TPSA) is 55.3 Å². The van der Waals surface area contributed by atoms with Gasteiger partial charge in [-0.15, -0.1) is 11.3 Å². The van der Waals surface area contributed by atoms with Crippen LogP contribution in [-0.4, -0.2) is 21.3 Å². The molecule has 2 aromatic heterocycles. The standard InChI is InChI=1S/C20H16ClN3O2S2.C2H6/c1-26-16-4-2-14(3-5-16)13-24(20-23-10-11-27-20)28(25)17-6-7-18-15(12-17)8-9-22-19(18)21;1-2/h2-12H,13H2,1H3;1-2H3. The van der Waals surface area contributed by atoms with Gasteiger partial charge in [-0.2, -0.15) is 0 Å². The Labute approximate surface area is 187 Å². The maximum atomic E-state index is 13.4. The van der Waals surface area contributed by atoms with E-state index in [1.807, 2.05) is 67.8 Å². The van der Waals surface area contributed by atoms with E-state index < -0.39 is 11.0 Å². The minimum Gasteiger partial charge on any atom is -0.497 e. The minimum absolute atomic E-state index is 0.435. The molecule has 4 rings (SSSR count). The van der Waals surface area contributed by atoms with Gasteiger partial charge in [0, 0.05) is 23.2 Å². The Hall–Kier alpha value is -2.48. The highest BCUT2D eigenvalue weighted by atomic mass is 35.5. The van der Waals surface area contributed by atoms with Gasteiger partial charge in [0.25, 0.3) is 0 Å². The van der Waals surface area contributed by atoms with E-state index >= 15 is 0 Å². The Bertz CT molecular complexity index is 1120. The zero-order valence-corrected chi connectivity index (χ0v) is 19.3. The Morgan fingerprint density at radius 2 is 1.83 bits per heavy atom. The van der Waals surface area contributed by atoms with E-state index in [0.29, 0.717) is 21.7 Å². The Kier molecular flexibility index (Phi) is 7.79. The van der Waals surface area contributed by atoms with Gasteiger partial charge in [0.1, 0.15) is 10.9 Å². The van der Waals surface area contributed by atoms with Gasteiger partial charge in [0.15, 0.2) is 16.1 Å². The second kappa shape index (κ2) is 10.5. The van der Waals surface area contributed by atoms with Crippen LogP contribution in [0, 0.1) is 0 Å². The second-order valence-electron chi connectivity index (χ2n) is 5.93. The van der Waals surface area contributed by atoms with Gasteiger partial charge in [-0.3, -0.25) is 4.31 Å². The minimum atomic E-state index is -1.43. The highest BCUT2D eigenvalue weighted by molar-refractivity contribution is 7.86. The molecule has 0 aliphatic heterocycles. The van der Waals surface area contributed by atoms with Crippen molar-refractivity contribution in [3.63, 3.8) is 0 Å². The van der Waals surface area contributed by atoms with Crippen LogP contribution in [0.1, 0.15) is 19.4 Å². The van der Waals surface area contributed by atoms with Gasteiger partial charge in [-0.25, -0.2) is 14.2 Å². The molecule has 4 aromatic rings. The molecular formula is C22H22ClN3O2S2. The number of anilines is 1. The van der Waals surface area contributed by atoms with E-state index in [-0.39, 0.29) is 0 Å². The van der Waals surface area contributed by atoms with E-state index in [4.69, 9.17) is 16.3 Å². The SMILES string of the molecule is CC.COc1ccc(CN(c2nccs2)S(=O)c2ccc3c(Cl)nccc3c2)cc1. The Morgan fingerprint density at radius 3 is 2.50 bits per heavy atom. The van der Waals surface area contributed by atoms with E-state index in [1.54, 1.807) is 23.8 Å². The lowest BCUT2D eigenvalue weighted by atomic mass is 10.2. The summed E-state index contributed by atoms with van der Waals surface area (Å²) in [7, 11) is 0.198. The molecule has 0 fully saturated rings. The molecule has 0 bridgehead atoms. The van der Waals surface area contributed by atoms with Crippen molar-refractivity contribution in [2.24, 2.45) is 0 Å². The summed E-state index contributed by atoms with van der Waals surface area (Å²) >= 11 is 7.60. The first-order chi connectivity index (χ1) is 14.7. The monoisotopic (exact) mass is 459 g/mol. The lowest BCUT2D eigenvalue weighted by molar-refractivity contribution is 0.414. The first-order valence-electron chi connectivity index (χ1n) is 9.42. The third kappa shape index (κ3) is 4.98. The van der Waals surface area contributed by atoms with Crippen molar-refractivity contribution in [2.75, 3.05) is 11.4 Å². The molecule has 0 saturated carbocycles. The molecule has 0 N–H and O–H groups in total. The van der Waals surface area contributed by atoms with Crippen molar-refractivity contribution < 1.29 is 8.95 Å². The molecule has 0 aliphatic carbocycles. The third-order valence-electron chi connectivity index (χ3n) is 4.21. The smallest absolute Gasteiger partial charge is 0.197 e. The predicted octanol–water partition coefficient (Wildman–Crippen LogP) is 6.11. The number of rotatable bonds is 6. The summed E-state index contributed by atoms with van der Waals surface area (Å²) in [5.41, 5.74) is 1.01. The van der Waals surface area contributed by atoms with Gasteiger partial charge in [-0.05, 0) is 41.3 Å². The second-order valence-corrected chi connectivity index (χ2v) is 8.57. The third-order valence-corrected chi connectivity index (χ3v) is 6.78. The molecule has 5 nitrogen and oxygen atoms in total. The molecule has 1 unspecified atom stereocenters. The van der Waals surface area contributed by atoms with Crippen molar-refractivity contribution >= 4 is 49.8 Å². The van der Waals surface area contributed by atoms with Gasteiger partial charge in [0.05, 0.1) is 18.6 Å². The molecule has 8 heteroatoms. The fraction of sp³-hybridized carbons (Fsp3) is 0.182. The fourth-order valence-electron chi connectivity index (χ4n) is 2.79. The molecule has 2 heterocycles. The van der Waals surface area contributed by atoms with Crippen molar-refractivity contribution in [3.8, 4) is 5.75 Å². The number of benzene rings is 2. The summed E-state index contributed by atoms with van der Waals surface area (Å²) in [5.74, 6) is 0.783. The number of fused-ring (bicyclic) bond motifs is 1.